The van der Waals surface area contributed by atoms with Crippen molar-refractivity contribution in [2.24, 2.45) is 11.8 Å². The zero-order valence-corrected chi connectivity index (χ0v) is 16.4. The molecule has 0 aromatic carbocycles. The summed E-state index contributed by atoms with van der Waals surface area (Å²) in [5.74, 6) is 1.03. The highest BCUT2D eigenvalue weighted by atomic mass is 32.1. The normalized spacial score (nSPS) is 25.8. The molecule has 2 aliphatic carbocycles. The first-order valence-corrected chi connectivity index (χ1v) is 10.7. The number of rotatable bonds is 3. The van der Waals surface area contributed by atoms with Crippen LogP contribution in [0.3, 0.4) is 0 Å². The average molecular weight is 374 g/mol. The van der Waals surface area contributed by atoms with Gasteiger partial charge in [0.25, 0.3) is 5.56 Å². The Hall–Kier alpha value is -1.69. The Morgan fingerprint density at radius 1 is 1.27 bits per heavy atom. The number of aromatic nitrogens is 2. The number of hydrogen-bond acceptors (Lipinski definition) is 4. The second-order valence-electron chi connectivity index (χ2n) is 8.01. The van der Waals surface area contributed by atoms with Crippen molar-refractivity contribution in [3.8, 4) is 0 Å². The summed E-state index contributed by atoms with van der Waals surface area (Å²) in [6.45, 7) is 4.53. The Balaban J connectivity index is 1.54. The summed E-state index contributed by atoms with van der Waals surface area (Å²) in [6.07, 6.45) is 9.29. The van der Waals surface area contributed by atoms with E-state index in [0.717, 1.165) is 42.3 Å². The molecule has 0 spiro atoms. The van der Waals surface area contributed by atoms with Gasteiger partial charge in [0.15, 0.2) is 0 Å². The van der Waals surface area contributed by atoms with Crippen LogP contribution in [0.2, 0.25) is 0 Å². The van der Waals surface area contributed by atoms with E-state index in [1.165, 1.54) is 27.8 Å². The predicted octanol–water partition coefficient (Wildman–Crippen LogP) is 3.28. The van der Waals surface area contributed by atoms with Crippen LogP contribution in [0.5, 0.6) is 0 Å². The molecule has 3 atom stereocenters. The van der Waals surface area contributed by atoms with E-state index in [4.69, 9.17) is 0 Å². The summed E-state index contributed by atoms with van der Waals surface area (Å²) in [4.78, 5) is 32.1. The maximum Gasteiger partial charge on any atom is 0.262 e. The molecular weight excluding hydrogens is 346 g/mol. The van der Waals surface area contributed by atoms with E-state index in [1.807, 2.05) is 0 Å². The molecule has 1 saturated carbocycles. The van der Waals surface area contributed by atoms with E-state index in [-0.39, 0.29) is 24.1 Å². The molecule has 0 radical (unpaired) electrons. The molecule has 1 fully saturated rings. The van der Waals surface area contributed by atoms with Crippen LogP contribution in [-0.2, 0) is 24.2 Å². The topological polar surface area (TPSA) is 64.0 Å². The van der Waals surface area contributed by atoms with Crippen molar-refractivity contribution in [2.75, 3.05) is 0 Å². The molecule has 2 aromatic heterocycles. The molecule has 2 aromatic rings. The first kappa shape index (κ1) is 17.7. The Morgan fingerprint density at radius 2 is 2.08 bits per heavy atom. The van der Waals surface area contributed by atoms with Crippen LogP contribution in [0.25, 0.3) is 10.2 Å². The number of hydrogen-bond donors (Lipinski definition) is 1. The lowest BCUT2D eigenvalue weighted by Gasteiger charge is -2.34. The molecule has 1 N–H and O–H groups in total. The average Bonchev–Trinajstić information content (AvgIpc) is 3.01. The van der Waals surface area contributed by atoms with Crippen LogP contribution < -0.4 is 10.9 Å². The summed E-state index contributed by atoms with van der Waals surface area (Å²) in [7, 11) is 0. The lowest BCUT2D eigenvalue weighted by Crippen LogP contribution is -2.45. The first-order valence-electron chi connectivity index (χ1n) is 9.83. The van der Waals surface area contributed by atoms with Gasteiger partial charge in [-0.25, -0.2) is 4.98 Å². The summed E-state index contributed by atoms with van der Waals surface area (Å²) < 4.78 is 1.48. The van der Waals surface area contributed by atoms with Crippen LogP contribution in [-0.4, -0.2) is 21.5 Å². The van der Waals surface area contributed by atoms with Gasteiger partial charge >= 0.3 is 0 Å². The number of nitrogens with zero attached hydrogens (tertiary/aromatic N) is 2. The summed E-state index contributed by atoms with van der Waals surface area (Å²) in [5.41, 5.74) is 1.12. The number of aryl methyl sites for hydroxylation is 2. The third kappa shape index (κ3) is 3.20. The van der Waals surface area contributed by atoms with E-state index >= 15 is 0 Å². The molecule has 2 aliphatic rings. The molecule has 1 amide bonds. The van der Waals surface area contributed by atoms with E-state index in [2.05, 4.69) is 24.1 Å². The lowest BCUT2D eigenvalue weighted by molar-refractivity contribution is -0.123. The molecule has 26 heavy (non-hydrogen) atoms. The fourth-order valence-corrected chi connectivity index (χ4v) is 5.71. The van der Waals surface area contributed by atoms with Crippen molar-refractivity contribution >= 4 is 27.5 Å². The fourth-order valence-electron chi connectivity index (χ4n) is 4.49. The lowest BCUT2D eigenvalue weighted by atomic mass is 9.78. The summed E-state index contributed by atoms with van der Waals surface area (Å²) in [6, 6.07) is 0.215. The van der Waals surface area contributed by atoms with Gasteiger partial charge in [-0.3, -0.25) is 14.2 Å². The van der Waals surface area contributed by atoms with E-state index in [0.29, 0.717) is 11.8 Å². The molecule has 0 aliphatic heterocycles. The van der Waals surface area contributed by atoms with Crippen LogP contribution in [0, 0.1) is 11.8 Å². The van der Waals surface area contributed by atoms with E-state index in [9.17, 15) is 9.59 Å². The minimum atomic E-state index is -0.0803. The number of thiophene rings is 1. The monoisotopic (exact) mass is 373 g/mol. The Morgan fingerprint density at radius 3 is 2.92 bits per heavy atom. The molecule has 5 nitrogen and oxygen atoms in total. The highest BCUT2D eigenvalue weighted by Gasteiger charge is 2.28. The van der Waals surface area contributed by atoms with Gasteiger partial charge in [0.05, 0.1) is 11.7 Å². The molecule has 2 heterocycles. The van der Waals surface area contributed by atoms with Gasteiger partial charge in [0.1, 0.15) is 11.4 Å². The molecule has 0 unspecified atom stereocenters. The molecule has 140 valence electrons. The van der Waals surface area contributed by atoms with Crippen molar-refractivity contribution in [2.45, 2.75) is 71.4 Å². The van der Waals surface area contributed by atoms with Crippen molar-refractivity contribution in [3.63, 3.8) is 0 Å². The zero-order valence-electron chi connectivity index (χ0n) is 15.6. The smallest absolute Gasteiger partial charge is 0.262 e. The maximum absolute atomic E-state index is 13.0. The Kier molecular flexibility index (Phi) is 4.86. The summed E-state index contributed by atoms with van der Waals surface area (Å²) >= 11 is 1.65. The fraction of sp³-hybridized carbons (Fsp3) is 0.650. The minimum Gasteiger partial charge on any atom is -0.352 e. The Labute approximate surface area is 157 Å². The minimum absolute atomic E-state index is 0.0595. The molecule has 6 heteroatoms. The second kappa shape index (κ2) is 7.14. The number of amides is 1. The number of carbonyl (C=O) groups is 1. The number of fused-ring (bicyclic) bond motifs is 3. The quantitative estimate of drug-likeness (QED) is 0.898. The van der Waals surface area contributed by atoms with Crippen molar-refractivity contribution < 1.29 is 4.79 Å². The van der Waals surface area contributed by atoms with Gasteiger partial charge < -0.3 is 5.32 Å². The Bertz CT molecular complexity index is 885. The van der Waals surface area contributed by atoms with Crippen molar-refractivity contribution in [3.05, 3.63) is 27.1 Å². The van der Waals surface area contributed by atoms with Gasteiger partial charge in [-0.1, -0.05) is 26.7 Å². The first-order chi connectivity index (χ1) is 12.5. The number of carbonyl (C=O) groups excluding carboxylic acids is 1. The summed E-state index contributed by atoms with van der Waals surface area (Å²) in [5, 5.41) is 3.90. The van der Waals surface area contributed by atoms with Crippen LogP contribution in [0.1, 0.15) is 56.4 Å². The highest BCUT2D eigenvalue weighted by Crippen LogP contribution is 2.33. The van der Waals surface area contributed by atoms with Gasteiger partial charge in [-0.2, -0.15) is 0 Å². The van der Waals surface area contributed by atoms with Gasteiger partial charge in [0, 0.05) is 10.9 Å². The second-order valence-corrected chi connectivity index (χ2v) is 9.09. The standard InChI is InChI=1S/C20H27N3O2S/c1-12-6-5-8-15(13(12)2)22-17(24)10-23-11-21-19-18(20(23)25)14-7-3-4-9-16(14)26-19/h11-13,15H,3-10H2,1-2H3,(H,22,24)/t12-,13-,15-/m1/s1. The van der Waals surface area contributed by atoms with Crippen LogP contribution in [0.4, 0.5) is 0 Å². The van der Waals surface area contributed by atoms with E-state index < -0.39 is 0 Å². The third-order valence-corrected chi connectivity index (χ3v) is 7.51. The van der Waals surface area contributed by atoms with Gasteiger partial charge in [-0.05, 0) is 49.5 Å². The molecule has 0 bridgehead atoms. The van der Waals surface area contributed by atoms with Crippen molar-refractivity contribution in [1.82, 2.24) is 14.9 Å². The SMILES string of the molecule is C[C@@H]1[C@H](C)CCC[C@H]1NC(=O)Cn1cnc2sc3c(c2c1=O)CCCC3. The van der Waals surface area contributed by atoms with Crippen LogP contribution in [0.15, 0.2) is 11.1 Å². The molecular formula is C20H27N3O2S. The zero-order chi connectivity index (χ0) is 18.3. The van der Waals surface area contributed by atoms with Crippen molar-refractivity contribution in [1.29, 1.82) is 0 Å². The predicted molar refractivity (Wildman–Crippen MR) is 105 cm³/mol. The van der Waals surface area contributed by atoms with E-state index in [1.54, 1.807) is 17.7 Å². The van der Waals surface area contributed by atoms with Crippen LogP contribution >= 0.6 is 11.3 Å². The maximum atomic E-state index is 13.0. The third-order valence-electron chi connectivity index (χ3n) is 6.31. The van der Waals surface area contributed by atoms with Gasteiger partial charge in [-0.15, -0.1) is 11.3 Å². The molecule has 4 rings (SSSR count). The largest absolute Gasteiger partial charge is 0.352 e. The highest BCUT2D eigenvalue weighted by molar-refractivity contribution is 7.18. The molecule has 0 saturated heterocycles. The van der Waals surface area contributed by atoms with Gasteiger partial charge in [0.2, 0.25) is 5.91 Å². The number of nitrogens with one attached hydrogen (secondary N) is 1.